The molecule has 120 valence electrons. The second kappa shape index (κ2) is 6.50. The summed E-state index contributed by atoms with van der Waals surface area (Å²) in [4.78, 5) is 14.9. The van der Waals surface area contributed by atoms with Gasteiger partial charge >= 0.3 is 5.97 Å². The third-order valence-electron chi connectivity index (χ3n) is 2.77. The van der Waals surface area contributed by atoms with Crippen LogP contribution in [0.4, 0.5) is 10.1 Å². The summed E-state index contributed by atoms with van der Waals surface area (Å²) in [6.07, 6.45) is 1.62. The van der Waals surface area contributed by atoms with E-state index in [1.165, 1.54) is 16.8 Å². The molecule has 1 heterocycles. The number of halogens is 2. The molecule has 0 N–H and O–H groups in total. The normalized spacial score (nSPS) is 11.1. The molecule has 23 heavy (non-hydrogen) atoms. The second-order valence-electron chi connectivity index (χ2n) is 5.89. The minimum atomic E-state index is -0.605. The number of hydrogen-bond acceptors (Lipinski definition) is 3. The van der Waals surface area contributed by atoms with Crippen molar-refractivity contribution in [3.8, 4) is 11.3 Å². The van der Waals surface area contributed by atoms with Crippen molar-refractivity contribution in [1.29, 1.82) is 0 Å². The van der Waals surface area contributed by atoms with Crippen molar-refractivity contribution in [1.82, 2.24) is 9.78 Å². The summed E-state index contributed by atoms with van der Waals surface area (Å²) in [5.41, 5.74) is 0.398. The number of ether oxygens (including phenoxy) is 1. The molecule has 7 heteroatoms. The fourth-order valence-corrected chi connectivity index (χ4v) is 2.47. The van der Waals surface area contributed by atoms with Crippen LogP contribution < -0.4 is 0 Å². The molecule has 2 aromatic rings. The Hall–Kier alpha value is -2.20. The van der Waals surface area contributed by atoms with Gasteiger partial charge < -0.3 is 4.74 Å². The Kier molecular flexibility index (Phi) is 4.85. The first-order valence-corrected chi connectivity index (χ1v) is 7.61. The van der Waals surface area contributed by atoms with E-state index in [1.54, 1.807) is 33.0 Å². The fourth-order valence-electron chi connectivity index (χ4n) is 1.92. The number of benzene rings is 1. The molecule has 0 spiro atoms. The van der Waals surface area contributed by atoms with Gasteiger partial charge in [-0.15, -0.1) is 0 Å². The molecule has 0 radical (unpaired) electrons. The molecule has 0 aliphatic rings. The van der Waals surface area contributed by atoms with E-state index in [2.05, 4.69) is 25.9 Å². The first-order valence-electron chi connectivity index (χ1n) is 6.82. The van der Waals surface area contributed by atoms with Gasteiger partial charge in [-0.05, 0) is 42.8 Å². The fraction of sp³-hybridized carbons (Fsp3) is 0.312. The molecule has 0 aliphatic heterocycles. The Bertz CT molecular complexity index is 788. The Labute approximate surface area is 142 Å². The van der Waals surface area contributed by atoms with Crippen LogP contribution in [-0.4, -0.2) is 21.4 Å². The third kappa shape index (κ3) is 4.39. The maximum Gasteiger partial charge on any atom is 0.328 e. The third-order valence-corrected chi connectivity index (χ3v) is 3.35. The average Bonchev–Trinajstić information content (AvgIpc) is 2.77. The number of carbonyl (C=O) groups is 1. The van der Waals surface area contributed by atoms with Crippen molar-refractivity contribution < 1.29 is 13.9 Å². The predicted molar refractivity (Wildman–Crippen MR) is 87.4 cm³/mol. The molecular weight excluding hydrogens is 365 g/mol. The van der Waals surface area contributed by atoms with Gasteiger partial charge in [0.1, 0.15) is 23.7 Å². The highest BCUT2D eigenvalue weighted by molar-refractivity contribution is 9.10. The van der Waals surface area contributed by atoms with E-state index < -0.39 is 17.4 Å². The summed E-state index contributed by atoms with van der Waals surface area (Å²) in [6.45, 7) is 12.2. The van der Waals surface area contributed by atoms with Crippen LogP contribution in [0.3, 0.4) is 0 Å². The van der Waals surface area contributed by atoms with E-state index in [0.29, 0.717) is 15.7 Å². The topological polar surface area (TPSA) is 48.5 Å². The summed E-state index contributed by atoms with van der Waals surface area (Å²) in [5.74, 6) is -1.01. The molecular formula is C16H15BrFN3O2. The van der Waals surface area contributed by atoms with Crippen molar-refractivity contribution in [3.05, 3.63) is 46.1 Å². The zero-order valence-electron chi connectivity index (χ0n) is 12.9. The minimum absolute atomic E-state index is 0.0432. The van der Waals surface area contributed by atoms with Crippen LogP contribution in [-0.2, 0) is 16.1 Å². The largest absolute Gasteiger partial charge is 0.459 e. The Morgan fingerprint density at radius 1 is 1.48 bits per heavy atom. The van der Waals surface area contributed by atoms with E-state index in [0.717, 1.165) is 0 Å². The second-order valence-corrected chi connectivity index (χ2v) is 6.74. The lowest BCUT2D eigenvalue weighted by Gasteiger charge is -2.19. The highest BCUT2D eigenvalue weighted by atomic mass is 79.9. The summed E-state index contributed by atoms with van der Waals surface area (Å²) in [5, 5.41) is 4.27. The van der Waals surface area contributed by atoms with Crippen LogP contribution in [0, 0.1) is 12.4 Å². The molecule has 0 aliphatic carbocycles. The first kappa shape index (κ1) is 17.2. The Morgan fingerprint density at radius 3 is 2.74 bits per heavy atom. The monoisotopic (exact) mass is 379 g/mol. The van der Waals surface area contributed by atoms with Crippen LogP contribution in [0.15, 0.2) is 28.9 Å². The minimum Gasteiger partial charge on any atom is -0.459 e. The molecule has 0 unspecified atom stereocenters. The van der Waals surface area contributed by atoms with Crippen LogP contribution in [0.1, 0.15) is 20.8 Å². The molecule has 1 aromatic heterocycles. The van der Waals surface area contributed by atoms with Gasteiger partial charge in [-0.2, -0.15) is 5.10 Å². The number of rotatable bonds is 3. The quantitative estimate of drug-likeness (QED) is 0.588. The number of nitrogens with zero attached hydrogens (tertiary/aromatic N) is 3. The maximum atomic E-state index is 13.7. The van der Waals surface area contributed by atoms with Crippen LogP contribution in [0.5, 0.6) is 0 Å². The van der Waals surface area contributed by atoms with Gasteiger partial charge in [-0.3, -0.25) is 9.48 Å². The number of aromatic nitrogens is 2. The lowest BCUT2D eigenvalue weighted by Crippen LogP contribution is -2.26. The number of carbonyl (C=O) groups excluding carboxylic acids is 1. The van der Waals surface area contributed by atoms with E-state index in [1.807, 2.05) is 0 Å². The Morgan fingerprint density at radius 2 is 2.17 bits per heavy atom. The van der Waals surface area contributed by atoms with E-state index in [-0.39, 0.29) is 12.2 Å². The molecule has 0 fully saturated rings. The lowest BCUT2D eigenvalue weighted by molar-refractivity contribution is -0.155. The lowest BCUT2D eigenvalue weighted by atomic mass is 10.1. The average molecular weight is 380 g/mol. The molecule has 2 rings (SSSR count). The summed E-state index contributed by atoms with van der Waals surface area (Å²) in [6, 6.07) is 4.26. The van der Waals surface area contributed by atoms with Crippen molar-refractivity contribution in [3.63, 3.8) is 0 Å². The number of hydrogen-bond donors (Lipinski definition) is 0. The summed E-state index contributed by atoms with van der Waals surface area (Å²) >= 11 is 3.35. The van der Waals surface area contributed by atoms with Gasteiger partial charge in [0.2, 0.25) is 5.69 Å². The van der Waals surface area contributed by atoms with Gasteiger partial charge in [0.05, 0.1) is 11.0 Å². The molecule has 0 saturated carbocycles. The van der Waals surface area contributed by atoms with Gasteiger partial charge in [-0.25, -0.2) is 9.24 Å². The molecule has 0 bridgehead atoms. The first-order chi connectivity index (χ1) is 10.7. The SMILES string of the molecule is [C-]#[N+]c1ccc(-c2nn(CC(=O)OC(C)(C)C)cc2Br)cc1F. The van der Waals surface area contributed by atoms with Gasteiger partial charge in [-0.1, -0.05) is 12.1 Å². The molecule has 0 atom stereocenters. The van der Waals surface area contributed by atoms with E-state index >= 15 is 0 Å². The van der Waals surface area contributed by atoms with Gasteiger partial charge in [0.25, 0.3) is 0 Å². The standard InChI is InChI=1S/C16H15BrFN3O2/c1-16(2,3)23-14(22)9-21-8-11(17)15(20-21)10-5-6-13(19-4)12(18)7-10/h5-8H,9H2,1-3H3. The smallest absolute Gasteiger partial charge is 0.328 e. The predicted octanol–water partition coefficient (Wildman–Crippen LogP) is 4.34. The molecule has 5 nitrogen and oxygen atoms in total. The van der Waals surface area contributed by atoms with E-state index in [9.17, 15) is 9.18 Å². The van der Waals surface area contributed by atoms with Crippen molar-refractivity contribution in [2.75, 3.05) is 0 Å². The van der Waals surface area contributed by atoms with Crippen LogP contribution >= 0.6 is 15.9 Å². The number of esters is 1. The molecule has 0 saturated heterocycles. The van der Waals surface area contributed by atoms with Gasteiger partial charge in [0.15, 0.2) is 0 Å². The summed E-state index contributed by atoms with van der Waals surface area (Å²) < 4.78 is 21.0. The Balaban J connectivity index is 2.23. The summed E-state index contributed by atoms with van der Waals surface area (Å²) in [7, 11) is 0. The highest BCUT2D eigenvalue weighted by Crippen LogP contribution is 2.30. The van der Waals surface area contributed by atoms with Crippen LogP contribution in [0.25, 0.3) is 16.1 Å². The van der Waals surface area contributed by atoms with Gasteiger partial charge in [0, 0.05) is 11.8 Å². The zero-order valence-corrected chi connectivity index (χ0v) is 14.5. The zero-order chi connectivity index (χ0) is 17.2. The van der Waals surface area contributed by atoms with Crippen molar-refractivity contribution >= 4 is 27.6 Å². The highest BCUT2D eigenvalue weighted by Gasteiger charge is 2.18. The van der Waals surface area contributed by atoms with E-state index in [4.69, 9.17) is 11.3 Å². The van der Waals surface area contributed by atoms with Crippen molar-refractivity contribution in [2.45, 2.75) is 32.9 Å². The van der Waals surface area contributed by atoms with Crippen molar-refractivity contribution in [2.24, 2.45) is 0 Å². The maximum absolute atomic E-state index is 13.7. The van der Waals surface area contributed by atoms with Crippen LogP contribution in [0.2, 0.25) is 0 Å². The molecule has 0 amide bonds. The molecule has 1 aromatic carbocycles.